The lowest BCUT2D eigenvalue weighted by atomic mass is 10.1. The van der Waals surface area contributed by atoms with Crippen LogP contribution in [0.1, 0.15) is 28.6 Å². The number of anilines is 1. The summed E-state index contributed by atoms with van der Waals surface area (Å²) in [6.45, 7) is 0. The number of amides is 1. The van der Waals surface area contributed by atoms with Crippen molar-refractivity contribution >= 4 is 17.7 Å². The SMILES string of the molecule is O=C(O)CC1c2nccnc2C(=O)N1c1ccccn1. The fourth-order valence-electron chi connectivity index (χ4n) is 2.25. The van der Waals surface area contributed by atoms with Crippen molar-refractivity contribution in [3.63, 3.8) is 0 Å². The molecule has 0 spiro atoms. The molecular formula is C13H10N4O3. The molecular weight excluding hydrogens is 260 g/mol. The number of aromatic nitrogens is 3. The van der Waals surface area contributed by atoms with E-state index in [9.17, 15) is 9.59 Å². The van der Waals surface area contributed by atoms with Crippen LogP contribution in [0.2, 0.25) is 0 Å². The van der Waals surface area contributed by atoms with Crippen molar-refractivity contribution in [3.8, 4) is 0 Å². The summed E-state index contributed by atoms with van der Waals surface area (Å²) in [7, 11) is 0. The van der Waals surface area contributed by atoms with E-state index in [0.717, 1.165) is 0 Å². The van der Waals surface area contributed by atoms with Crippen molar-refractivity contribution in [2.45, 2.75) is 12.5 Å². The summed E-state index contributed by atoms with van der Waals surface area (Å²) in [5.74, 6) is -0.996. The zero-order valence-corrected chi connectivity index (χ0v) is 10.3. The van der Waals surface area contributed by atoms with Gasteiger partial charge in [-0.1, -0.05) is 6.07 Å². The average Bonchev–Trinajstić information content (AvgIpc) is 2.73. The third-order valence-corrected chi connectivity index (χ3v) is 3.04. The Hall–Kier alpha value is -2.83. The Morgan fingerprint density at radius 2 is 2.00 bits per heavy atom. The van der Waals surface area contributed by atoms with Crippen LogP contribution in [0.3, 0.4) is 0 Å². The molecule has 1 amide bonds. The van der Waals surface area contributed by atoms with Crippen LogP contribution in [-0.2, 0) is 4.79 Å². The minimum atomic E-state index is -1.01. The highest BCUT2D eigenvalue weighted by atomic mass is 16.4. The number of carbonyl (C=O) groups is 2. The Balaban J connectivity index is 2.10. The van der Waals surface area contributed by atoms with E-state index < -0.39 is 12.0 Å². The molecule has 0 fully saturated rings. The Labute approximate surface area is 113 Å². The monoisotopic (exact) mass is 270 g/mol. The van der Waals surface area contributed by atoms with Crippen LogP contribution in [0.5, 0.6) is 0 Å². The molecule has 1 aliphatic rings. The molecule has 1 atom stereocenters. The molecule has 1 N–H and O–H groups in total. The summed E-state index contributed by atoms with van der Waals surface area (Å²) < 4.78 is 0. The van der Waals surface area contributed by atoms with Crippen molar-refractivity contribution in [3.05, 3.63) is 48.2 Å². The molecule has 3 heterocycles. The van der Waals surface area contributed by atoms with Gasteiger partial charge in [-0.15, -0.1) is 0 Å². The Morgan fingerprint density at radius 1 is 1.20 bits per heavy atom. The lowest BCUT2D eigenvalue weighted by Gasteiger charge is -2.21. The van der Waals surface area contributed by atoms with Gasteiger partial charge in [0.1, 0.15) is 5.82 Å². The number of carbonyl (C=O) groups excluding carboxylic acids is 1. The minimum absolute atomic E-state index is 0.185. The molecule has 0 saturated carbocycles. The van der Waals surface area contributed by atoms with Gasteiger partial charge in [-0.05, 0) is 12.1 Å². The molecule has 2 aromatic rings. The van der Waals surface area contributed by atoms with Crippen LogP contribution in [0.25, 0.3) is 0 Å². The molecule has 0 bridgehead atoms. The van der Waals surface area contributed by atoms with Gasteiger partial charge >= 0.3 is 5.97 Å². The summed E-state index contributed by atoms with van der Waals surface area (Å²) in [6.07, 6.45) is 4.16. The number of hydrogen-bond acceptors (Lipinski definition) is 5. The van der Waals surface area contributed by atoms with Gasteiger partial charge in [-0.25, -0.2) is 9.97 Å². The first-order valence-electron chi connectivity index (χ1n) is 5.96. The number of pyridine rings is 1. The van der Waals surface area contributed by atoms with Gasteiger partial charge in [-0.2, -0.15) is 0 Å². The molecule has 100 valence electrons. The molecule has 1 aliphatic heterocycles. The highest BCUT2D eigenvalue weighted by molar-refractivity contribution is 6.09. The summed E-state index contributed by atoms with van der Waals surface area (Å²) in [5.41, 5.74) is 0.565. The van der Waals surface area contributed by atoms with Crippen LogP contribution < -0.4 is 4.90 Å². The average molecular weight is 270 g/mol. The van der Waals surface area contributed by atoms with Gasteiger partial charge in [0.05, 0.1) is 18.2 Å². The number of carboxylic acid groups (broad SMARTS) is 1. The van der Waals surface area contributed by atoms with Gasteiger partial charge in [0, 0.05) is 18.6 Å². The van der Waals surface area contributed by atoms with E-state index in [2.05, 4.69) is 15.0 Å². The second-order valence-corrected chi connectivity index (χ2v) is 4.27. The predicted molar refractivity (Wildman–Crippen MR) is 68.1 cm³/mol. The molecule has 20 heavy (non-hydrogen) atoms. The van der Waals surface area contributed by atoms with Gasteiger partial charge < -0.3 is 5.11 Å². The highest BCUT2D eigenvalue weighted by Gasteiger charge is 2.41. The molecule has 0 saturated heterocycles. The van der Waals surface area contributed by atoms with E-state index in [1.54, 1.807) is 24.4 Å². The quantitative estimate of drug-likeness (QED) is 0.895. The van der Waals surface area contributed by atoms with Crippen molar-refractivity contribution in [2.75, 3.05) is 4.90 Å². The maximum atomic E-state index is 12.4. The fourth-order valence-corrected chi connectivity index (χ4v) is 2.25. The Morgan fingerprint density at radius 3 is 2.70 bits per heavy atom. The lowest BCUT2D eigenvalue weighted by Crippen LogP contribution is -2.30. The van der Waals surface area contributed by atoms with Crippen LogP contribution in [0.4, 0.5) is 5.82 Å². The maximum absolute atomic E-state index is 12.4. The standard InChI is InChI=1S/C13H10N4O3/c18-10(19)7-8-11-12(16-6-5-15-11)13(20)17(8)9-3-1-2-4-14-9/h1-6,8H,7H2,(H,18,19). The van der Waals surface area contributed by atoms with Gasteiger partial charge in [0.25, 0.3) is 5.91 Å². The minimum Gasteiger partial charge on any atom is -0.481 e. The van der Waals surface area contributed by atoms with Crippen molar-refractivity contribution < 1.29 is 14.7 Å². The van der Waals surface area contributed by atoms with E-state index in [1.807, 2.05) is 0 Å². The van der Waals surface area contributed by atoms with E-state index in [4.69, 9.17) is 5.11 Å². The fraction of sp³-hybridized carbons (Fsp3) is 0.154. The van der Waals surface area contributed by atoms with Gasteiger partial charge in [0.2, 0.25) is 0 Å². The normalized spacial score (nSPS) is 17.1. The molecule has 3 rings (SSSR count). The number of aliphatic carboxylic acids is 1. The molecule has 0 aliphatic carbocycles. The molecule has 7 nitrogen and oxygen atoms in total. The number of rotatable bonds is 3. The number of hydrogen-bond donors (Lipinski definition) is 1. The number of nitrogens with zero attached hydrogens (tertiary/aromatic N) is 4. The predicted octanol–water partition coefficient (Wildman–Crippen LogP) is 1.05. The van der Waals surface area contributed by atoms with E-state index >= 15 is 0 Å². The van der Waals surface area contributed by atoms with Gasteiger partial charge in [-0.3, -0.25) is 19.5 Å². The van der Waals surface area contributed by atoms with E-state index in [0.29, 0.717) is 11.5 Å². The number of fused-ring (bicyclic) bond motifs is 1. The Kier molecular flexibility index (Phi) is 2.86. The summed E-state index contributed by atoms with van der Waals surface area (Å²) in [6, 6.07) is 4.43. The third kappa shape index (κ3) is 1.89. The lowest BCUT2D eigenvalue weighted by molar-refractivity contribution is -0.137. The van der Waals surface area contributed by atoms with Crippen LogP contribution >= 0.6 is 0 Å². The molecule has 0 radical (unpaired) electrons. The van der Waals surface area contributed by atoms with Crippen LogP contribution in [0.15, 0.2) is 36.8 Å². The summed E-state index contributed by atoms with van der Waals surface area (Å²) in [4.78, 5) is 37.0. The van der Waals surface area contributed by atoms with Gasteiger partial charge in [0.15, 0.2) is 5.69 Å². The molecule has 7 heteroatoms. The summed E-state index contributed by atoms with van der Waals surface area (Å²) >= 11 is 0. The van der Waals surface area contributed by atoms with Crippen LogP contribution in [-0.4, -0.2) is 31.9 Å². The largest absolute Gasteiger partial charge is 0.481 e. The third-order valence-electron chi connectivity index (χ3n) is 3.04. The molecule has 0 aromatic carbocycles. The van der Waals surface area contributed by atoms with Crippen molar-refractivity contribution in [2.24, 2.45) is 0 Å². The highest BCUT2D eigenvalue weighted by Crippen LogP contribution is 2.36. The second-order valence-electron chi connectivity index (χ2n) is 4.27. The first kappa shape index (κ1) is 12.2. The topological polar surface area (TPSA) is 96.3 Å². The maximum Gasteiger partial charge on any atom is 0.305 e. The number of carboxylic acids is 1. The Bertz CT molecular complexity index is 674. The second kappa shape index (κ2) is 4.69. The van der Waals surface area contributed by atoms with E-state index in [1.165, 1.54) is 17.3 Å². The van der Waals surface area contributed by atoms with Crippen LogP contribution in [0, 0.1) is 0 Å². The van der Waals surface area contributed by atoms with E-state index in [-0.39, 0.29) is 18.0 Å². The van der Waals surface area contributed by atoms with Crippen molar-refractivity contribution in [1.82, 2.24) is 15.0 Å². The zero-order valence-electron chi connectivity index (χ0n) is 10.3. The first-order valence-corrected chi connectivity index (χ1v) is 5.96. The van der Waals surface area contributed by atoms with Crippen molar-refractivity contribution in [1.29, 1.82) is 0 Å². The summed E-state index contributed by atoms with van der Waals surface area (Å²) in [5, 5.41) is 9.04. The first-order chi connectivity index (χ1) is 9.68. The smallest absolute Gasteiger partial charge is 0.305 e. The molecule has 2 aromatic heterocycles. The molecule has 1 unspecified atom stereocenters. The zero-order chi connectivity index (χ0) is 14.1.